The van der Waals surface area contributed by atoms with Crippen molar-refractivity contribution >= 4 is 11.6 Å². The third-order valence-electron chi connectivity index (χ3n) is 3.65. The number of aryl methyl sites for hydroxylation is 1. The van der Waals surface area contributed by atoms with Gasteiger partial charge in [-0.25, -0.2) is 4.98 Å². The number of benzene rings is 2. The van der Waals surface area contributed by atoms with E-state index in [0.29, 0.717) is 5.02 Å². The molecule has 0 spiro atoms. The molecule has 0 bridgehead atoms. The van der Waals surface area contributed by atoms with E-state index in [4.69, 9.17) is 16.3 Å². The molecule has 0 saturated heterocycles. The second-order valence-electron chi connectivity index (χ2n) is 5.25. The highest BCUT2D eigenvalue weighted by atomic mass is 35.5. The van der Waals surface area contributed by atoms with Crippen molar-refractivity contribution < 1.29 is 4.74 Å². The minimum Gasteiger partial charge on any atom is -0.457 e. The van der Waals surface area contributed by atoms with Crippen molar-refractivity contribution in [3.05, 3.63) is 76.8 Å². The number of rotatable bonds is 4. The molecule has 0 aliphatic heterocycles. The molecule has 0 fully saturated rings. The maximum absolute atomic E-state index is 5.95. The Labute approximate surface area is 135 Å². The molecule has 4 heteroatoms. The number of imidazole rings is 1. The molecule has 3 aromatic rings. The summed E-state index contributed by atoms with van der Waals surface area (Å²) in [6, 6.07) is 15.4. The molecule has 112 valence electrons. The number of hydrogen-bond donors (Lipinski definition) is 0. The highest BCUT2D eigenvalue weighted by Crippen LogP contribution is 2.24. The fourth-order valence-electron chi connectivity index (χ4n) is 2.23. The summed E-state index contributed by atoms with van der Waals surface area (Å²) in [6.07, 6.45) is 1.88. The van der Waals surface area contributed by atoms with Crippen LogP contribution >= 0.6 is 11.6 Å². The first-order valence-electron chi connectivity index (χ1n) is 7.12. The quantitative estimate of drug-likeness (QED) is 0.678. The van der Waals surface area contributed by atoms with Crippen LogP contribution in [0, 0.1) is 13.8 Å². The van der Waals surface area contributed by atoms with Gasteiger partial charge in [0.25, 0.3) is 0 Å². The highest BCUT2D eigenvalue weighted by Gasteiger charge is 2.03. The third-order valence-corrected chi connectivity index (χ3v) is 3.89. The molecule has 0 N–H and O–H groups in total. The molecule has 0 atom stereocenters. The van der Waals surface area contributed by atoms with Crippen LogP contribution in [0.1, 0.15) is 17.0 Å². The summed E-state index contributed by atoms with van der Waals surface area (Å²) < 4.78 is 7.93. The van der Waals surface area contributed by atoms with Gasteiger partial charge in [0, 0.05) is 17.3 Å². The van der Waals surface area contributed by atoms with Crippen LogP contribution < -0.4 is 4.74 Å². The smallest absolute Gasteiger partial charge is 0.128 e. The van der Waals surface area contributed by atoms with Gasteiger partial charge < -0.3 is 9.30 Å². The molecular weight excluding hydrogens is 296 g/mol. The van der Waals surface area contributed by atoms with Crippen LogP contribution in [0.2, 0.25) is 5.02 Å². The summed E-state index contributed by atoms with van der Waals surface area (Å²) in [5.41, 5.74) is 3.47. The van der Waals surface area contributed by atoms with Crippen LogP contribution in [0.4, 0.5) is 0 Å². The molecule has 0 aliphatic rings. The number of hydrogen-bond acceptors (Lipinski definition) is 2. The summed E-state index contributed by atoms with van der Waals surface area (Å²) in [7, 11) is 0. The molecule has 0 unspecified atom stereocenters. The van der Waals surface area contributed by atoms with Gasteiger partial charge in [0.2, 0.25) is 0 Å². The maximum atomic E-state index is 5.95. The SMILES string of the molecule is Cc1ncn(Cc2ccc(Oc3cccc(Cl)c3)cc2)c1C. The lowest BCUT2D eigenvalue weighted by atomic mass is 10.2. The Morgan fingerprint density at radius 1 is 1.05 bits per heavy atom. The van der Waals surface area contributed by atoms with Gasteiger partial charge in [0.15, 0.2) is 0 Å². The van der Waals surface area contributed by atoms with E-state index in [1.165, 1.54) is 11.3 Å². The van der Waals surface area contributed by atoms with Crippen LogP contribution in [-0.4, -0.2) is 9.55 Å². The Morgan fingerprint density at radius 2 is 1.82 bits per heavy atom. The van der Waals surface area contributed by atoms with E-state index in [0.717, 1.165) is 23.7 Å². The number of halogens is 1. The summed E-state index contributed by atoms with van der Waals surface area (Å²) >= 11 is 5.95. The Balaban J connectivity index is 1.71. The summed E-state index contributed by atoms with van der Waals surface area (Å²) in [5.74, 6) is 1.53. The van der Waals surface area contributed by atoms with Crippen LogP contribution in [0.15, 0.2) is 54.9 Å². The molecule has 1 aromatic heterocycles. The minimum atomic E-state index is 0.667. The largest absolute Gasteiger partial charge is 0.457 e. The van der Waals surface area contributed by atoms with E-state index >= 15 is 0 Å². The topological polar surface area (TPSA) is 27.1 Å². The monoisotopic (exact) mass is 312 g/mol. The molecule has 0 aliphatic carbocycles. The fraction of sp³-hybridized carbons (Fsp3) is 0.167. The second-order valence-corrected chi connectivity index (χ2v) is 5.68. The van der Waals surface area contributed by atoms with E-state index in [1.807, 2.05) is 43.6 Å². The summed E-state index contributed by atoms with van der Waals surface area (Å²) in [4.78, 5) is 4.32. The van der Waals surface area contributed by atoms with Gasteiger partial charge in [-0.15, -0.1) is 0 Å². The number of aromatic nitrogens is 2. The maximum Gasteiger partial charge on any atom is 0.128 e. The van der Waals surface area contributed by atoms with Crippen molar-refractivity contribution in [2.45, 2.75) is 20.4 Å². The first-order valence-corrected chi connectivity index (χ1v) is 7.50. The predicted octanol–water partition coefficient (Wildman–Crippen LogP) is 4.99. The summed E-state index contributed by atoms with van der Waals surface area (Å²) in [5, 5.41) is 0.667. The standard InChI is InChI=1S/C18H17ClN2O/c1-13-14(2)21(12-20-13)11-15-6-8-17(9-7-15)22-18-5-3-4-16(19)10-18/h3-10,12H,11H2,1-2H3. The molecule has 2 aromatic carbocycles. The van der Waals surface area contributed by atoms with Gasteiger partial charge in [0.05, 0.1) is 12.0 Å². The van der Waals surface area contributed by atoms with Crippen molar-refractivity contribution in [3.8, 4) is 11.5 Å². The lowest BCUT2D eigenvalue weighted by molar-refractivity contribution is 0.482. The van der Waals surface area contributed by atoms with Crippen LogP contribution in [0.5, 0.6) is 11.5 Å². The van der Waals surface area contributed by atoms with Crippen molar-refractivity contribution in [1.82, 2.24) is 9.55 Å². The molecule has 0 saturated carbocycles. The zero-order chi connectivity index (χ0) is 15.5. The van der Waals surface area contributed by atoms with Gasteiger partial charge in [-0.3, -0.25) is 0 Å². The molecule has 1 heterocycles. The molecule has 0 amide bonds. The average molecular weight is 313 g/mol. The third kappa shape index (κ3) is 3.31. The lowest BCUT2D eigenvalue weighted by Gasteiger charge is -2.08. The molecular formula is C18H17ClN2O. The zero-order valence-corrected chi connectivity index (χ0v) is 13.3. The normalized spacial score (nSPS) is 10.7. The first kappa shape index (κ1) is 14.7. The zero-order valence-electron chi connectivity index (χ0n) is 12.6. The van der Waals surface area contributed by atoms with Crippen molar-refractivity contribution in [2.75, 3.05) is 0 Å². The summed E-state index contributed by atoms with van der Waals surface area (Å²) in [6.45, 7) is 4.91. The molecule has 3 rings (SSSR count). The van der Waals surface area contributed by atoms with Gasteiger partial charge in [-0.05, 0) is 49.7 Å². The highest BCUT2D eigenvalue weighted by molar-refractivity contribution is 6.30. The van der Waals surface area contributed by atoms with Gasteiger partial charge in [0.1, 0.15) is 11.5 Å². The minimum absolute atomic E-state index is 0.667. The first-order chi connectivity index (χ1) is 10.6. The van der Waals surface area contributed by atoms with Gasteiger partial charge in [-0.1, -0.05) is 29.8 Å². The van der Waals surface area contributed by atoms with Gasteiger partial charge >= 0.3 is 0 Å². The van der Waals surface area contributed by atoms with Crippen molar-refractivity contribution in [2.24, 2.45) is 0 Å². The van der Waals surface area contributed by atoms with E-state index in [1.54, 1.807) is 6.07 Å². The van der Waals surface area contributed by atoms with Gasteiger partial charge in [-0.2, -0.15) is 0 Å². The lowest BCUT2D eigenvalue weighted by Crippen LogP contribution is -2.00. The number of ether oxygens (including phenoxy) is 1. The molecule has 22 heavy (non-hydrogen) atoms. The van der Waals surface area contributed by atoms with E-state index in [9.17, 15) is 0 Å². The van der Waals surface area contributed by atoms with Crippen LogP contribution in [0.3, 0.4) is 0 Å². The van der Waals surface area contributed by atoms with Crippen LogP contribution in [-0.2, 0) is 6.54 Å². The Hall–Kier alpha value is -2.26. The Morgan fingerprint density at radius 3 is 2.45 bits per heavy atom. The molecule has 0 radical (unpaired) electrons. The Bertz CT molecular complexity index is 778. The molecule has 3 nitrogen and oxygen atoms in total. The number of nitrogens with zero attached hydrogens (tertiary/aromatic N) is 2. The van der Waals surface area contributed by atoms with Crippen LogP contribution in [0.25, 0.3) is 0 Å². The average Bonchev–Trinajstić information content (AvgIpc) is 2.81. The van der Waals surface area contributed by atoms with E-state index in [2.05, 4.69) is 28.6 Å². The second kappa shape index (κ2) is 6.24. The predicted molar refractivity (Wildman–Crippen MR) is 88.8 cm³/mol. The Kier molecular flexibility index (Phi) is 4.16. The fourth-order valence-corrected chi connectivity index (χ4v) is 2.41. The van der Waals surface area contributed by atoms with E-state index < -0.39 is 0 Å². The van der Waals surface area contributed by atoms with Crippen molar-refractivity contribution in [1.29, 1.82) is 0 Å². The van der Waals surface area contributed by atoms with E-state index in [-0.39, 0.29) is 0 Å². The van der Waals surface area contributed by atoms with Crippen molar-refractivity contribution in [3.63, 3.8) is 0 Å².